The Balaban J connectivity index is 1.59. The van der Waals surface area contributed by atoms with Crippen molar-refractivity contribution in [2.75, 3.05) is 6.61 Å². The minimum atomic E-state index is -0.477. The molecule has 3 rings (SSSR count). The van der Waals surface area contributed by atoms with E-state index in [0.717, 1.165) is 12.1 Å². The lowest BCUT2D eigenvalue weighted by molar-refractivity contribution is -0.119. The lowest BCUT2D eigenvalue weighted by Gasteiger charge is -2.15. The molecule has 0 radical (unpaired) electrons. The number of ether oxygens (including phenoxy) is 1. The van der Waals surface area contributed by atoms with Gasteiger partial charge in [0, 0.05) is 12.6 Å². The van der Waals surface area contributed by atoms with Crippen LogP contribution >= 0.6 is 0 Å². The van der Waals surface area contributed by atoms with Crippen molar-refractivity contribution in [3.63, 3.8) is 0 Å². The number of rotatable bonds is 7. The highest BCUT2D eigenvalue weighted by atomic mass is 16.5. The van der Waals surface area contributed by atoms with E-state index < -0.39 is 5.91 Å². The van der Waals surface area contributed by atoms with Gasteiger partial charge in [-0.05, 0) is 47.0 Å². The van der Waals surface area contributed by atoms with Crippen LogP contribution in [0.1, 0.15) is 24.1 Å². The molecule has 0 aliphatic carbocycles. The second kappa shape index (κ2) is 7.81. The standard InChI is InChI=1S/C21H22N2O2/c1-15(18-9-8-17-4-2-3-5-19(17)12-18)23-13-16-6-10-20(11-7-16)25-14-21(22)24/h2-12,15,23H,13-14H2,1H3,(H2,22,24). The van der Waals surface area contributed by atoms with Crippen LogP contribution in [0.5, 0.6) is 5.75 Å². The number of amides is 1. The first-order valence-corrected chi connectivity index (χ1v) is 8.34. The second-order valence-electron chi connectivity index (χ2n) is 6.11. The van der Waals surface area contributed by atoms with Crippen LogP contribution in [0.2, 0.25) is 0 Å². The summed E-state index contributed by atoms with van der Waals surface area (Å²) in [6.07, 6.45) is 0. The number of carbonyl (C=O) groups is 1. The predicted octanol–water partition coefficient (Wildman–Crippen LogP) is 3.55. The first-order chi connectivity index (χ1) is 12.1. The summed E-state index contributed by atoms with van der Waals surface area (Å²) in [7, 11) is 0. The predicted molar refractivity (Wildman–Crippen MR) is 100 cm³/mol. The minimum Gasteiger partial charge on any atom is -0.484 e. The van der Waals surface area contributed by atoms with Gasteiger partial charge < -0.3 is 15.8 Å². The Hall–Kier alpha value is -2.85. The SMILES string of the molecule is CC(NCc1ccc(OCC(N)=O)cc1)c1ccc2ccccc2c1. The first kappa shape index (κ1) is 17.0. The molecule has 3 aromatic carbocycles. The number of nitrogens with two attached hydrogens (primary N) is 1. The van der Waals surface area contributed by atoms with Gasteiger partial charge in [-0.25, -0.2) is 0 Å². The largest absolute Gasteiger partial charge is 0.484 e. The molecule has 25 heavy (non-hydrogen) atoms. The molecule has 0 saturated carbocycles. The normalized spacial score (nSPS) is 12.0. The zero-order valence-corrected chi connectivity index (χ0v) is 14.2. The Kier molecular flexibility index (Phi) is 5.31. The van der Waals surface area contributed by atoms with Gasteiger partial charge in [0.05, 0.1) is 0 Å². The summed E-state index contributed by atoms with van der Waals surface area (Å²) in [6, 6.07) is 22.8. The maximum absolute atomic E-state index is 10.7. The maximum Gasteiger partial charge on any atom is 0.255 e. The third-order valence-corrected chi connectivity index (χ3v) is 4.19. The van der Waals surface area contributed by atoms with Crippen LogP contribution in [-0.4, -0.2) is 12.5 Å². The van der Waals surface area contributed by atoms with Crippen LogP contribution < -0.4 is 15.8 Å². The summed E-state index contributed by atoms with van der Waals surface area (Å²) < 4.78 is 5.26. The van der Waals surface area contributed by atoms with E-state index in [0.29, 0.717) is 5.75 Å². The third-order valence-electron chi connectivity index (χ3n) is 4.19. The molecule has 1 amide bonds. The lowest BCUT2D eigenvalue weighted by atomic mass is 10.0. The quantitative estimate of drug-likeness (QED) is 0.694. The van der Waals surface area contributed by atoms with Crippen LogP contribution in [0.15, 0.2) is 66.7 Å². The monoisotopic (exact) mass is 334 g/mol. The average molecular weight is 334 g/mol. The molecule has 0 saturated heterocycles. The van der Waals surface area contributed by atoms with E-state index in [1.165, 1.54) is 16.3 Å². The van der Waals surface area contributed by atoms with Crippen molar-refractivity contribution in [3.05, 3.63) is 77.9 Å². The molecule has 0 fully saturated rings. The van der Waals surface area contributed by atoms with Crippen LogP contribution in [0, 0.1) is 0 Å². The van der Waals surface area contributed by atoms with E-state index in [1.54, 1.807) is 0 Å². The molecule has 0 heterocycles. The van der Waals surface area contributed by atoms with Gasteiger partial charge in [-0.15, -0.1) is 0 Å². The van der Waals surface area contributed by atoms with Crippen molar-refractivity contribution in [1.82, 2.24) is 5.32 Å². The van der Waals surface area contributed by atoms with E-state index in [4.69, 9.17) is 10.5 Å². The summed E-state index contributed by atoms with van der Waals surface area (Å²) in [4.78, 5) is 10.7. The van der Waals surface area contributed by atoms with Crippen LogP contribution in [0.25, 0.3) is 10.8 Å². The topological polar surface area (TPSA) is 64.3 Å². The summed E-state index contributed by atoms with van der Waals surface area (Å²) in [6.45, 7) is 2.81. The molecule has 0 aliphatic rings. The van der Waals surface area contributed by atoms with E-state index in [-0.39, 0.29) is 12.6 Å². The number of hydrogen-bond donors (Lipinski definition) is 2. The van der Waals surface area contributed by atoms with Gasteiger partial charge >= 0.3 is 0 Å². The van der Waals surface area contributed by atoms with Crippen LogP contribution in [-0.2, 0) is 11.3 Å². The van der Waals surface area contributed by atoms with Crippen LogP contribution in [0.3, 0.4) is 0 Å². The third kappa shape index (κ3) is 4.58. The fourth-order valence-corrected chi connectivity index (χ4v) is 2.72. The Morgan fingerprint density at radius 2 is 1.76 bits per heavy atom. The van der Waals surface area contributed by atoms with Crippen molar-refractivity contribution in [2.45, 2.75) is 19.5 Å². The maximum atomic E-state index is 10.7. The molecule has 4 nitrogen and oxygen atoms in total. The number of carbonyl (C=O) groups excluding carboxylic acids is 1. The zero-order valence-electron chi connectivity index (χ0n) is 14.2. The number of fused-ring (bicyclic) bond motifs is 1. The summed E-state index contributed by atoms with van der Waals surface area (Å²) in [5.74, 6) is 0.167. The molecular weight excluding hydrogens is 312 g/mol. The van der Waals surface area contributed by atoms with Gasteiger partial charge in [-0.3, -0.25) is 4.79 Å². The minimum absolute atomic E-state index is 0.101. The Morgan fingerprint density at radius 3 is 2.48 bits per heavy atom. The number of hydrogen-bond acceptors (Lipinski definition) is 3. The van der Waals surface area contributed by atoms with E-state index in [1.807, 2.05) is 24.3 Å². The summed E-state index contributed by atoms with van der Waals surface area (Å²) >= 11 is 0. The van der Waals surface area contributed by atoms with Crippen molar-refractivity contribution in [3.8, 4) is 5.75 Å². The Labute approximate surface area is 147 Å². The molecule has 0 spiro atoms. The van der Waals surface area contributed by atoms with Gasteiger partial charge in [0.2, 0.25) is 0 Å². The summed E-state index contributed by atoms with van der Waals surface area (Å²) in [5.41, 5.74) is 7.48. The Bertz CT molecular complexity index is 859. The summed E-state index contributed by atoms with van der Waals surface area (Å²) in [5, 5.41) is 6.04. The van der Waals surface area contributed by atoms with Crippen molar-refractivity contribution in [1.29, 1.82) is 0 Å². The first-order valence-electron chi connectivity index (χ1n) is 8.34. The highest BCUT2D eigenvalue weighted by Crippen LogP contribution is 2.21. The fraction of sp³-hybridized carbons (Fsp3) is 0.190. The van der Waals surface area contributed by atoms with Gasteiger partial charge in [0.15, 0.2) is 6.61 Å². The average Bonchev–Trinajstić information content (AvgIpc) is 2.64. The highest BCUT2D eigenvalue weighted by Gasteiger charge is 2.06. The highest BCUT2D eigenvalue weighted by molar-refractivity contribution is 5.83. The molecule has 3 N–H and O–H groups in total. The zero-order chi connectivity index (χ0) is 17.6. The van der Waals surface area contributed by atoms with E-state index >= 15 is 0 Å². The second-order valence-corrected chi connectivity index (χ2v) is 6.11. The van der Waals surface area contributed by atoms with Gasteiger partial charge in [-0.1, -0.05) is 48.5 Å². The molecule has 4 heteroatoms. The molecule has 0 aromatic heterocycles. The van der Waals surface area contributed by atoms with Crippen molar-refractivity contribution >= 4 is 16.7 Å². The van der Waals surface area contributed by atoms with Gasteiger partial charge in [-0.2, -0.15) is 0 Å². The molecular formula is C21H22N2O2. The molecule has 1 atom stereocenters. The smallest absolute Gasteiger partial charge is 0.255 e. The molecule has 1 unspecified atom stereocenters. The van der Waals surface area contributed by atoms with E-state index in [2.05, 4.69) is 54.7 Å². The van der Waals surface area contributed by atoms with Gasteiger partial charge in [0.1, 0.15) is 5.75 Å². The molecule has 3 aromatic rings. The number of primary amides is 1. The van der Waals surface area contributed by atoms with Crippen molar-refractivity contribution in [2.24, 2.45) is 5.73 Å². The van der Waals surface area contributed by atoms with Crippen LogP contribution in [0.4, 0.5) is 0 Å². The number of nitrogens with one attached hydrogen (secondary N) is 1. The Morgan fingerprint density at radius 1 is 1.04 bits per heavy atom. The van der Waals surface area contributed by atoms with Gasteiger partial charge in [0.25, 0.3) is 5.91 Å². The molecule has 128 valence electrons. The molecule has 0 bridgehead atoms. The van der Waals surface area contributed by atoms with E-state index in [9.17, 15) is 4.79 Å². The molecule has 0 aliphatic heterocycles. The lowest BCUT2D eigenvalue weighted by Crippen LogP contribution is -2.20. The number of benzene rings is 3. The fourth-order valence-electron chi connectivity index (χ4n) is 2.72. The van der Waals surface area contributed by atoms with Crippen molar-refractivity contribution < 1.29 is 9.53 Å².